The van der Waals surface area contributed by atoms with Gasteiger partial charge in [-0.25, -0.2) is 14.0 Å². The summed E-state index contributed by atoms with van der Waals surface area (Å²) in [7, 11) is 0. The molecule has 1 saturated heterocycles. The zero-order chi connectivity index (χ0) is 35.0. The third-order valence-corrected chi connectivity index (χ3v) is 11.4. The molecule has 3 amide bonds. The van der Waals surface area contributed by atoms with Crippen LogP contribution in [0.25, 0.3) is 11.0 Å². The number of nitrogens with one attached hydrogen (secondary N) is 1. The Balaban J connectivity index is 1.50. The van der Waals surface area contributed by atoms with E-state index in [4.69, 9.17) is 14.9 Å². The fraction of sp³-hybridized carbons (Fsp3) is 0.676. The van der Waals surface area contributed by atoms with Crippen molar-refractivity contribution in [3.05, 3.63) is 35.1 Å². The Hall–Kier alpha value is -3.63. The zero-order valence-electron chi connectivity index (χ0n) is 29.0. The summed E-state index contributed by atoms with van der Waals surface area (Å²) >= 11 is 0. The molecule has 1 aliphatic heterocycles. The lowest BCUT2D eigenvalue weighted by molar-refractivity contribution is -0.153. The number of hydrogen-bond acceptors (Lipinski definition) is 6. The summed E-state index contributed by atoms with van der Waals surface area (Å²) in [5, 5.41) is 13.2. The van der Waals surface area contributed by atoms with Crippen LogP contribution < -0.4 is 11.1 Å². The normalized spacial score (nSPS) is 27.5. The average molecular weight is 670 g/mol. The van der Waals surface area contributed by atoms with Crippen LogP contribution in [0.1, 0.15) is 126 Å². The first-order chi connectivity index (χ1) is 22.7. The van der Waals surface area contributed by atoms with E-state index in [1.807, 2.05) is 25.1 Å². The number of likely N-dealkylation sites (tertiary alicyclic amines) is 1. The van der Waals surface area contributed by atoms with Crippen LogP contribution in [0.2, 0.25) is 0 Å². The highest BCUT2D eigenvalue weighted by molar-refractivity contribution is 5.97. The predicted molar refractivity (Wildman–Crippen MR) is 179 cm³/mol. The monoisotopic (exact) mass is 669 g/mol. The van der Waals surface area contributed by atoms with Crippen LogP contribution in [0.5, 0.6) is 0 Å². The molecule has 1 aromatic heterocycles. The maximum atomic E-state index is 14.9. The van der Waals surface area contributed by atoms with Crippen LogP contribution in [0.3, 0.4) is 0 Å². The Morgan fingerprint density at radius 3 is 2.33 bits per heavy atom. The summed E-state index contributed by atoms with van der Waals surface area (Å²) in [5.74, 6) is -2.52. The van der Waals surface area contributed by atoms with Gasteiger partial charge in [-0.3, -0.25) is 9.59 Å². The molecule has 1 unspecified atom stereocenters. The standard InChI is InChI=1S/C37H52FN3O7/c1-6-37(34(39)45)27(22-11-8-7-9-12-22)19-29(26-14-10-13-25-21(2)30(33(43)44)47-31(25)26)41(37)32(42)24-17-15-23(16-18-24)28(20-38)40-35(46)48-36(3,4)5/h10,13-14,22-24,27-29H,6-9,11-12,15-20H2,1-5H3,(H2,39,45)(H,40,46)(H,43,44)/t23-,24-,27-,28+,29?,37-/m0/s1. The number of alkyl carbamates (subject to hydrolysis) is 1. The largest absolute Gasteiger partial charge is 0.475 e. The molecule has 3 fully saturated rings. The van der Waals surface area contributed by atoms with Gasteiger partial charge in [0.05, 0.1) is 12.1 Å². The summed E-state index contributed by atoms with van der Waals surface area (Å²) in [6, 6.07) is 4.27. The number of furan rings is 1. The minimum Gasteiger partial charge on any atom is -0.475 e. The van der Waals surface area contributed by atoms with E-state index >= 15 is 0 Å². The molecule has 48 heavy (non-hydrogen) atoms. The number of carbonyl (C=O) groups is 4. The van der Waals surface area contributed by atoms with Gasteiger partial charge in [-0.15, -0.1) is 0 Å². The van der Waals surface area contributed by atoms with E-state index in [1.54, 1.807) is 32.6 Å². The van der Waals surface area contributed by atoms with E-state index in [1.165, 1.54) is 0 Å². The van der Waals surface area contributed by atoms with E-state index < -0.39 is 53.8 Å². The number of primary amides is 1. The molecule has 2 aliphatic carbocycles. The number of nitrogens with zero attached hydrogens (tertiary/aromatic N) is 1. The number of para-hydroxylation sites is 1. The number of halogens is 1. The molecule has 2 aromatic rings. The lowest BCUT2D eigenvalue weighted by Crippen LogP contribution is -2.61. The fourth-order valence-corrected chi connectivity index (χ4v) is 9.08. The maximum absolute atomic E-state index is 14.9. The van der Waals surface area contributed by atoms with Gasteiger partial charge in [0, 0.05) is 22.4 Å². The minimum atomic E-state index is -1.22. The summed E-state index contributed by atoms with van der Waals surface area (Å²) in [4.78, 5) is 55.0. The molecule has 2 heterocycles. The average Bonchev–Trinajstić information content (AvgIpc) is 3.59. The Bertz CT molecular complexity index is 1520. The number of aryl methyl sites for hydroxylation is 1. The fourth-order valence-electron chi connectivity index (χ4n) is 9.08. The SMILES string of the molecule is CC[C@@]1(C(N)=O)[C@H](C2CCCCC2)CC(c2cccc3c(C)c(C(=O)O)oc23)N1C(=O)[C@H]1CC[C@H]([C@@H](CF)NC(=O)OC(C)(C)C)CC1. The number of carboxylic acids is 1. The third kappa shape index (κ3) is 6.66. The number of carboxylic acid groups (broad SMARTS) is 1. The predicted octanol–water partition coefficient (Wildman–Crippen LogP) is 7.21. The third-order valence-electron chi connectivity index (χ3n) is 11.4. The molecule has 264 valence electrons. The van der Waals surface area contributed by atoms with Gasteiger partial charge in [-0.1, -0.05) is 57.2 Å². The first-order valence-corrected chi connectivity index (χ1v) is 17.7. The lowest BCUT2D eigenvalue weighted by Gasteiger charge is -2.45. The Morgan fingerprint density at radius 1 is 1.10 bits per heavy atom. The van der Waals surface area contributed by atoms with Crippen molar-refractivity contribution in [1.82, 2.24) is 10.2 Å². The van der Waals surface area contributed by atoms with Crippen molar-refractivity contribution in [2.24, 2.45) is 29.4 Å². The van der Waals surface area contributed by atoms with E-state index in [0.717, 1.165) is 32.1 Å². The maximum Gasteiger partial charge on any atom is 0.407 e. The van der Waals surface area contributed by atoms with Gasteiger partial charge in [0.15, 0.2) is 0 Å². The van der Waals surface area contributed by atoms with E-state index in [2.05, 4.69) is 5.32 Å². The number of amides is 3. The van der Waals surface area contributed by atoms with Crippen molar-refractivity contribution in [3.63, 3.8) is 0 Å². The molecule has 0 bridgehead atoms. The molecular weight excluding hydrogens is 617 g/mol. The number of fused-ring (bicyclic) bond motifs is 1. The van der Waals surface area contributed by atoms with E-state index in [0.29, 0.717) is 60.6 Å². The number of carbonyl (C=O) groups excluding carboxylic acids is 3. The number of aromatic carboxylic acids is 1. The van der Waals surface area contributed by atoms with Crippen molar-refractivity contribution in [3.8, 4) is 0 Å². The van der Waals surface area contributed by atoms with Gasteiger partial charge >= 0.3 is 12.1 Å². The molecule has 3 aliphatic rings. The van der Waals surface area contributed by atoms with Crippen LogP contribution in [0, 0.1) is 30.6 Å². The summed E-state index contributed by atoms with van der Waals surface area (Å²) < 4.78 is 25.5. The second-order valence-corrected chi connectivity index (χ2v) is 15.2. The molecule has 0 spiro atoms. The second kappa shape index (κ2) is 14.1. The van der Waals surface area contributed by atoms with Crippen molar-refractivity contribution in [2.75, 3.05) is 6.67 Å². The van der Waals surface area contributed by atoms with Gasteiger partial charge in [-0.2, -0.15) is 0 Å². The topological polar surface area (TPSA) is 152 Å². The van der Waals surface area contributed by atoms with E-state index in [9.17, 15) is 28.7 Å². The number of nitrogens with two attached hydrogens (primary N) is 1. The number of rotatable bonds is 9. The minimum absolute atomic E-state index is 0.144. The summed E-state index contributed by atoms with van der Waals surface area (Å²) in [6.07, 6.45) is 7.38. The number of hydrogen-bond donors (Lipinski definition) is 3. The molecule has 10 nitrogen and oxygen atoms in total. The smallest absolute Gasteiger partial charge is 0.407 e. The highest BCUT2D eigenvalue weighted by Gasteiger charge is 2.61. The Kier molecular flexibility index (Phi) is 10.5. The van der Waals surface area contributed by atoms with Crippen LogP contribution in [-0.4, -0.2) is 57.7 Å². The molecule has 0 radical (unpaired) electrons. The lowest BCUT2D eigenvalue weighted by atomic mass is 9.68. The molecule has 1 aromatic carbocycles. The number of ether oxygens (including phenoxy) is 1. The first kappa shape index (κ1) is 35.7. The zero-order valence-corrected chi connectivity index (χ0v) is 29.0. The highest BCUT2D eigenvalue weighted by atomic mass is 19.1. The molecule has 4 N–H and O–H groups in total. The first-order valence-electron chi connectivity index (χ1n) is 17.7. The number of alkyl halides is 1. The van der Waals surface area contributed by atoms with Crippen LogP contribution in [0.4, 0.5) is 9.18 Å². The quantitative estimate of drug-likeness (QED) is 0.255. The van der Waals surface area contributed by atoms with Crippen molar-refractivity contribution < 1.29 is 37.8 Å². The van der Waals surface area contributed by atoms with Gasteiger partial charge in [0.25, 0.3) is 0 Å². The van der Waals surface area contributed by atoms with Gasteiger partial charge in [0.1, 0.15) is 23.4 Å². The Morgan fingerprint density at radius 2 is 1.77 bits per heavy atom. The molecule has 5 rings (SSSR count). The van der Waals surface area contributed by atoms with Crippen LogP contribution >= 0.6 is 0 Å². The van der Waals surface area contributed by atoms with Gasteiger partial charge in [-0.05, 0) is 84.0 Å². The summed E-state index contributed by atoms with van der Waals surface area (Å²) in [5.41, 5.74) is 6.03. The summed E-state index contributed by atoms with van der Waals surface area (Å²) in [6.45, 7) is 8.14. The molecule has 2 saturated carbocycles. The van der Waals surface area contributed by atoms with Gasteiger partial charge in [0.2, 0.25) is 17.6 Å². The Labute approximate surface area is 282 Å². The number of benzene rings is 1. The molecule has 4 atom stereocenters. The molecular formula is C37H52FN3O7. The van der Waals surface area contributed by atoms with Crippen molar-refractivity contribution >= 4 is 34.8 Å². The van der Waals surface area contributed by atoms with Gasteiger partial charge < -0.3 is 30.2 Å². The second-order valence-electron chi connectivity index (χ2n) is 15.2. The van der Waals surface area contributed by atoms with Crippen LogP contribution in [-0.2, 0) is 14.3 Å². The van der Waals surface area contributed by atoms with Crippen molar-refractivity contribution in [2.45, 2.75) is 128 Å². The molecule has 11 heteroatoms. The van der Waals surface area contributed by atoms with Crippen LogP contribution in [0.15, 0.2) is 22.6 Å². The van der Waals surface area contributed by atoms with Crippen molar-refractivity contribution in [1.29, 1.82) is 0 Å². The van der Waals surface area contributed by atoms with E-state index in [-0.39, 0.29) is 29.4 Å². The highest BCUT2D eigenvalue weighted by Crippen LogP contribution is 2.56.